The van der Waals surface area contributed by atoms with Crippen LogP contribution in [0.15, 0.2) is 36.5 Å². The van der Waals surface area contributed by atoms with Crippen LogP contribution in [0, 0.1) is 6.92 Å². The lowest BCUT2D eigenvalue weighted by Gasteiger charge is -2.14. The first-order valence-electron chi connectivity index (χ1n) is 6.05. The van der Waals surface area contributed by atoms with Gasteiger partial charge in [0.1, 0.15) is 0 Å². The Kier molecular flexibility index (Phi) is 2.36. The molecule has 86 valence electrons. The molecule has 0 fully saturated rings. The third-order valence-electron chi connectivity index (χ3n) is 3.63. The van der Waals surface area contributed by atoms with Crippen LogP contribution >= 0.6 is 0 Å². The van der Waals surface area contributed by atoms with E-state index in [-0.39, 0.29) is 0 Å². The maximum Gasteiger partial charge on any atom is 0.0510 e. The lowest BCUT2D eigenvalue weighted by atomic mass is 9.92. The van der Waals surface area contributed by atoms with E-state index in [4.69, 9.17) is 5.73 Å². The van der Waals surface area contributed by atoms with E-state index in [1.165, 1.54) is 22.4 Å². The van der Waals surface area contributed by atoms with Gasteiger partial charge in [0.05, 0.1) is 5.69 Å². The molecule has 0 radical (unpaired) electrons. The molecule has 0 amide bonds. The molecular weight excluding hydrogens is 208 g/mol. The summed E-state index contributed by atoms with van der Waals surface area (Å²) in [5.74, 6) is 0.451. The molecule has 1 aromatic carbocycles. The highest BCUT2D eigenvalue weighted by Crippen LogP contribution is 2.38. The molecule has 0 saturated heterocycles. The van der Waals surface area contributed by atoms with Crippen molar-refractivity contribution in [2.45, 2.75) is 25.7 Å². The van der Waals surface area contributed by atoms with Crippen molar-refractivity contribution in [1.82, 2.24) is 4.98 Å². The Morgan fingerprint density at radius 3 is 3.00 bits per heavy atom. The van der Waals surface area contributed by atoms with Crippen molar-refractivity contribution in [3.05, 3.63) is 58.9 Å². The van der Waals surface area contributed by atoms with Crippen molar-refractivity contribution < 1.29 is 0 Å². The molecule has 1 aliphatic carbocycles. The molecule has 3 rings (SSSR count). The molecule has 2 N–H and O–H groups in total. The van der Waals surface area contributed by atoms with Crippen LogP contribution in [0.25, 0.3) is 0 Å². The lowest BCUT2D eigenvalue weighted by Crippen LogP contribution is -2.01. The van der Waals surface area contributed by atoms with Crippen LogP contribution in [0.2, 0.25) is 0 Å². The summed E-state index contributed by atoms with van der Waals surface area (Å²) in [7, 11) is 0. The number of benzene rings is 1. The molecule has 1 aromatic heterocycles. The van der Waals surface area contributed by atoms with Gasteiger partial charge in [0.25, 0.3) is 0 Å². The minimum atomic E-state index is 0.451. The summed E-state index contributed by atoms with van der Waals surface area (Å²) in [6.45, 7) is 2.13. The number of rotatable bonds is 1. The molecule has 17 heavy (non-hydrogen) atoms. The number of nitrogen functional groups attached to an aromatic ring is 1. The molecule has 0 spiro atoms. The van der Waals surface area contributed by atoms with Crippen LogP contribution in [0.5, 0.6) is 0 Å². The number of aromatic nitrogens is 1. The van der Waals surface area contributed by atoms with Gasteiger partial charge < -0.3 is 5.73 Å². The zero-order chi connectivity index (χ0) is 11.8. The standard InChI is InChI=1S/C15H16N2/c1-10-9-12(16)5-7-13(10)14-6-4-11-3-2-8-17-15(11)14/h2-3,5,7-9,14H,4,6,16H2,1H3. The van der Waals surface area contributed by atoms with E-state index in [1.807, 2.05) is 18.3 Å². The van der Waals surface area contributed by atoms with Gasteiger partial charge in [-0.2, -0.15) is 0 Å². The number of fused-ring (bicyclic) bond motifs is 1. The first kappa shape index (κ1) is 10.3. The maximum atomic E-state index is 5.81. The van der Waals surface area contributed by atoms with Crippen LogP contribution in [0.4, 0.5) is 5.69 Å². The number of nitrogens with zero attached hydrogens (tertiary/aromatic N) is 1. The van der Waals surface area contributed by atoms with Crippen LogP contribution in [-0.2, 0) is 6.42 Å². The molecule has 1 aliphatic rings. The van der Waals surface area contributed by atoms with E-state index < -0.39 is 0 Å². The predicted molar refractivity (Wildman–Crippen MR) is 70.0 cm³/mol. The Hall–Kier alpha value is -1.83. The van der Waals surface area contributed by atoms with Crippen molar-refractivity contribution >= 4 is 5.69 Å². The lowest BCUT2D eigenvalue weighted by molar-refractivity contribution is 0.767. The molecule has 0 saturated carbocycles. The molecule has 1 atom stereocenters. The number of anilines is 1. The van der Waals surface area contributed by atoms with Gasteiger partial charge in [0.2, 0.25) is 0 Å². The smallest absolute Gasteiger partial charge is 0.0510 e. The van der Waals surface area contributed by atoms with Gasteiger partial charge >= 0.3 is 0 Å². The summed E-state index contributed by atoms with van der Waals surface area (Å²) in [6.07, 6.45) is 4.19. The summed E-state index contributed by atoms with van der Waals surface area (Å²) in [6, 6.07) is 10.4. The molecule has 2 nitrogen and oxygen atoms in total. The number of pyridine rings is 1. The normalized spacial score (nSPS) is 18.1. The number of aryl methyl sites for hydroxylation is 2. The van der Waals surface area contributed by atoms with Gasteiger partial charge in [-0.3, -0.25) is 4.98 Å². The third kappa shape index (κ3) is 1.70. The highest BCUT2D eigenvalue weighted by molar-refractivity contribution is 5.48. The van der Waals surface area contributed by atoms with Crippen molar-refractivity contribution in [2.24, 2.45) is 0 Å². The average Bonchev–Trinajstić information content (AvgIpc) is 2.73. The minimum absolute atomic E-state index is 0.451. The SMILES string of the molecule is Cc1cc(N)ccc1C1CCc2cccnc21. The number of nitrogens with two attached hydrogens (primary N) is 1. The zero-order valence-corrected chi connectivity index (χ0v) is 9.98. The van der Waals surface area contributed by atoms with Gasteiger partial charge in [0, 0.05) is 17.8 Å². The van der Waals surface area contributed by atoms with Gasteiger partial charge in [-0.25, -0.2) is 0 Å². The van der Waals surface area contributed by atoms with E-state index in [0.717, 1.165) is 18.5 Å². The van der Waals surface area contributed by atoms with Gasteiger partial charge in [-0.05, 0) is 54.7 Å². The summed E-state index contributed by atoms with van der Waals surface area (Å²) < 4.78 is 0. The third-order valence-corrected chi connectivity index (χ3v) is 3.63. The summed E-state index contributed by atoms with van der Waals surface area (Å²) in [5.41, 5.74) is 11.9. The Bertz CT molecular complexity index is 561. The highest BCUT2D eigenvalue weighted by Gasteiger charge is 2.25. The van der Waals surface area contributed by atoms with Gasteiger partial charge in [-0.1, -0.05) is 12.1 Å². The predicted octanol–water partition coefficient (Wildman–Crippen LogP) is 3.05. The van der Waals surface area contributed by atoms with Crippen LogP contribution in [0.3, 0.4) is 0 Å². The molecule has 2 aromatic rings. The first-order chi connectivity index (χ1) is 8.25. The second kappa shape index (κ2) is 3.88. The fraction of sp³-hybridized carbons (Fsp3) is 0.267. The van der Waals surface area contributed by atoms with E-state index in [9.17, 15) is 0 Å². The molecule has 0 aliphatic heterocycles. The highest BCUT2D eigenvalue weighted by atomic mass is 14.7. The Balaban J connectivity index is 2.07. The van der Waals surface area contributed by atoms with E-state index in [0.29, 0.717) is 5.92 Å². The Labute approximate surface area is 102 Å². The Morgan fingerprint density at radius 1 is 1.29 bits per heavy atom. The van der Waals surface area contributed by atoms with E-state index in [1.54, 1.807) is 0 Å². The van der Waals surface area contributed by atoms with Crippen molar-refractivity contribution in [3.8, 4) is 0 Å². The quantitative estimate of drug-likeness (QED) is 0.756. The molecule has 2 heteroatoms. The zero-order valence-electron chi connectivity index (χ0n) is 9.98. The second-order valence-corrected chi connectivity index (χ2v) is 4.76. The average molecular weight is 224 g/mol. The Morgan fingerprint density at radius 2 is 2.18 bits per heavy atom. The molecule has 0 bridgehead atoms. The topological polar surface area (TPSA) is 38.9 Å². The molecular formula is C15H16N2. The molecule has 1 heterocycles. The molecule has 1 unspecified atom stereocenters. The maximum absolute atomic E-state index is 5.81. The van der Waals surface area contributed by atoms with Crippen molar-refractivity contribution in [3.63, 3.8) is 0 Å². The van der Waals surface area contributed by atoms with Crippen molar-refractivity contribution in [2.75, 3.05) is 5.73 Å². The second-order valence-electron chi connectivity index (χ2n) is 4.76. The largest absolute Gasteiger partial charge is 0.399 e. The van der Waals surface area contributed by atoms with Crippen molar-refractivity contribution in [1.29, 1.82) is 0 Å². The summed E-state index contributed by atoms with van der Waals surface area (Å²) in [4.78, 5) is 4.55. The fourth-order valence-electron chi connectivity index (χ4n) is 2.81. The van der Waals surface area contributed by atoms with Gasteiger partial charge in [0.15, 0.2) is 0 Å². The summed E-state index contributed by atoms with van der Waals surface area (Å²) in [5, 5.41) is 0. The van der Waals surface area contributed by atoms with Gasteiger partial charge in [-0.15, -0.1) is 0 Å². The summed E-state index contributed by atoms with van der Waals surface area (Å²) >= 11 is 0. The van der Waals surface area contributed by atoms with Crippen LogP contribution in [-0.4, -0.2) is 4.98 Å². The van der Waals surface area contributed by atoms with E-state index >= 15 is 0 Å². The number of hydrogen-bond acceptors (Lipinski definition) is 2. The van der Waals surface area contributed by atoms with Crippen LogP contribution < -0.4 is 5.73 Å². The monoisotopic (exact) mass is 224 g/mol. The van der Waals surface area contributed by atoms with E-state index in [2.05, 4.69) is 30.1 Å². The minimum Gasteiger partial charge on any atom is -0.399 e. The fourth-order valence-corrected chi connectivity index (χ4v) is 2.81. The first-order valence-corrected chi connectivity index (χ1v) is 6.05. The number of hydrogen-bond donors (Lipinski definition) is 1. The van der Waals surface area contributed by atoms with Crippen LogP contribution in [0.1, 0.15) is 34.7 Å².